The van der Waals surface area contributed by atoms with Crippen molar-refractivity contribution in [2.75, 3.05) is 23.0 Å². The molecular formula is C26H23FN6O2S. The van der Waals surface area contributed by atoms with Crippen molar-refractivity contribution in [2.45, 2.75) is 6.92 Å². The molecule has 10 heteroatoms. The van der Waals surface area contributed by atoms with Crippen molar-refractivity contribution in [1.82, 2.24) is 15.3 Å². The standard InChI is InChI=1S/C26H23FN6O2S/c1-16-15-29-26(33-24(16)32-21-13-14-36-23(21)25(35)28-2)31-20-10-8-19(9-11-20)30-22(34)12-5-17-3-6-18(27)7-4-17/h3-15H,1-2H3,(H,28,35)(H,30,34)(H2,29,31,32,33)/b12-5+. The molecule has 182 valence electrons. The number of amides is 2. The van der Waals surface area contributed by atoms with E-state index >= 15 is 0 Å². The number of nitrogens with one attached hydrogen (secondary N) is 4. The molecule has 0 aliphatic heterocycles. The van der Waals surface area contributed by atoms with Crippen LogP contribution in [0, 0.1) is 12.7 Å². The van der Waals surface area contributed by atoms with Crippen molar-refractivity contribution < 1.29 is 14.0 Å². The second-order valence-corrected chi connectivity index (χ2v) is 8.59. The molecule has 0 saturated heterocycles. The van der Waals surface area contributed by atoms with Crippen molar-refractivity contribution in [3.8, 4) is 0 Å². The molecule has 0 spiro atoms. The molecule has 36 heavy (non-hydrogen) atoms. The Kier molecular flexibility index (Phi) is 7.66. The molecule has 2 heterocycles. The van der Waals surface area contributed by atoms with E-state index in [2.05, 4.69) is 31.2 Å². The van der Waals surface area contributed by atoms with Gasteiger partial charge in [-0.05, 0) is 66.4 Å². The molecule has 0 aliphatic rings. The van der Waals surface area contributed by atoms with Gasteiger partial charge in [-0.3, -0.25) is 9.59 Å². The van der Waals surface area contributed by atoms with Gasteiger partial charge >= 0.3 is 0 Å². The molecule has 2 aromatic carbocycles. The summed E-state index contributed by atoms with van der Waals surface area (Å²) in [6.07, 6.45) is 4.68. The van der Waals surface area contributed by atoms with Crippen LogP contribution < -0.4 is 21.3 Å². The summed E-state index contributed by atoms with van der Waals surface area (Å²) < 4.78 is 13.0. The molecule has 0 atom stereocenters. The van der Waals surface area contributed by atoms with E-state index in [0.29, 0.717) is 28.0 Å². The highest BCUT2D eigenvalue weighted by Gasteiger charge is 2.14. The minimum Gasteiger partial charge on any atom is -0.354 e. The largest absolute Gasteiger partial charge is 0.354 e. The van der Waals surface area contributed by atoms with Crippen LogP contribution in [-0.4, -0.2) is 28.8 Å². The van der Waals surface area contributed by atoms with E-state index in [-0.39, 0.29) is 17.6 Å². The zero-order valence-corrected chi connectivity index (χ0v) is 20.3. The smallest absolute Gasteiger partial charge is 0.263 e. The van der Waals surface area contributed by atoms with Gasteiger partial charge in [-0.1, -0.05) is 12.1 Å². The summed E-state index contributed by atoms with van der Waals surface area (Å²) in [5.74, 6) is 0.149. The van der Waals surface area contributed by atoms with Crippen LogP contribution in [0.25, 0.3) is 6.08 Å². The number of aromatic nitrogens is 2. The molecule has 4 aromatic rings. The van der Waals surface area contributed by atoms with Crippen LogP contribution >= 0.6 is 11.3 Å². The van der Waals surface area contributed by atoms with Crippen LogP contribution in [0.3, 0.4) is 0 Å². The highest BCUT2D eigenvalue weighted by molar-refractivity contribution is 7.12. The number of carbonyl (C=O) groups is 2. The van der Waals surface area contributed by atoms with Crippen LogP contribution in [0.1, 0.15) is 20.8 Å². The molecular weight excluding hydrogens is 479 g/mol. The normalized spacial score (nSPS) is 10.8. The van der Waals surface area contributed by atoms with Gasteiger partial charge in [0.15, 0.2) is 0 Å². The van der Waals surface area contributed by atoms with Crippen LogP contribution in [0.15, 0.2) is 72.3 Å². The molecule has 0 aliphatic carbocycles. The van der Waals surface area contributed by atoms with Gasteiger partial charge in [0.2, 0.25) is 11.9 Å². The first-order chi connectivity index (χ1) is 17.4. The lowest BCUT2D eigenvalue weighted by atomic mass is 10.2. The topological polar surface area (TPSA) is 108 Å². The molecule has 0 saturated carbocycles. The Hall–Kier alpha value is -4.57. The third-order valence-corrected chi connectivity index (χ3v) is 5.94. The van der Waals surface area contributed by atoms with Gasteiger partial charge in [0.25, 0.3) is 5.91 Å². The predicted octanol–water partition coefficient (Wildman–Crippen LogP) is 5.48. The van der Waals surface area contributed by atoms with Crippen molar-refractivity contribution in [3.63, 3.8) is 0 Å². The zero-order chi connectivity index (χ0) is 25.5. The van der Waals surface area contributed by atoms with Crippen LogP contribution in [0.2, 0.25) is 0 Å². The number of hydrogen-bond donors (Lipinski definition) is 4. The number of thiophene rings is 1. The van der Waals surface area contributed by atoms with Gasteiger partial charge < -0.3 is 21.3 Å². The molecule has 0 fully saturated rings. The Morgan fingerprint density at radius 2 is 1.69 bits per heavy atom. The van der Waals surface area contributed by atoms with Crippen molar-refractivity contribution >= 4 is 58.1 Å². The molecule has 8 nitrogen and oxygen atoms in total. The summed E-state index contributed by atoms with van der Waals surface area (Å²) in [7, 11) is 1.59. The third-order valence-electron chi connectivity index (χ3n) is 5.03. The van der Waals surface area contributed by atoms with Crippen LogP contribution in [0.5, 0.6) is 0 Å². The summed E-state index contributed by atoms with van der Waals surface area (Å²) in [6, 6.07) is 14.8. The second kappa shape index (κ2) is 11.2. The highest BCUT2D eigenvalue weighted by Crippen LogP contribution is 2.27. The maximum Gasteiger partial charge on any atom is 0.263 e. The summed E-state index contributed by atoms with van der Waals surface area (Å²) in [6.45, 7) is 1.88. The monoisotopic (exact) mass is 502 g/mol. The van der Waals surface area contributed by atoms with Gasteiger partial charge in [-0.15, -0.1) is 11.3 Å². The number of aryl methyl sites for hydroxylation is 1. The first-order valence-electron chi connectivity index (χ1n) is 10.9. The average Bonchev–Trinajstić information content (AvgIpc) is 3.34. The third kappa shape index (κ3) is 6.30. The fourth-order valence-corrected chi connectivity index (χ4v) is 3.94. The summed E-state index contributed by atoms with van der Waals surface area (Å²) in [5.41, 5.74) is 3.55. The Balaban J connectivity index is 1.39. The molecule has 2 amide bonds. The van der Waals surface area contributed by atoms with Crippen molar-refractivity contribution in [2.24, 2.45) is 0 Å². The predicted molar refractivity (Wildman–Crippen MR) is 142 cm³/mol. The van der Waals surface area contributed by atoms with E-state index in [1.807, 2.05) is 18.4 Å². The molecule has 0 bridgehead atoms. The van der Waals surface area contributed by atoms with E-state index in [9.17, 15) is 14.0 Å². The molecule has 4 N–H and O–H groups in total. The quantitative estimate of drug-likeness (QED) is 0.238. The van der Waals surface area contributed by atoms with Gasteiger partial charge in [-0.25, -0.2) is 9.37 Å². The Morgan fingerprint density at radius 3 is 2.42 bits per heavy atom. The molecule has 0 radical (unpaired) electrons. The van der Waals surface area contributed by atoms with Gasteiger partial charge in [-0.2, -0.15) is 4.98 Å². The lowest BCUT2D eigenvalue weighted by molar-refractivity contribution is -0.111. The summed E-state index contributed by atoms with van der Waals surface area (Å²) in [5, 5.41) is 13.6. The fourth-order valence-electron chi connectivity index (χ4n) is 3.15. The van der Waals surface area contributed by atoms with Gasteiger partial charge in [0.05, 0.1) is 5.69 Å². The van der Waals surface area contributed by atoms with E-state index in [4.69, 9.17) is 0 Å². The lowest BCUT2D eigenvalue weighted by Crippen LogP contribution is -2.17. The maximum atomic E-state index is 13.0. The summed E-state index contributed by atoms with van der Waals surface area (Å²) >= 11 is 1.34. The van der Waals surface area contributed by atoms with Crippen molar-refractivity contribution in [3.05, 3.63) is 94.1 Å². The average molecular weight is 503 g/mol. The number of nitrogens with zero attached hydrogens (tertiary/aromatic N) is 2. The first-order valence-corrected chi connectivity index (χ1v) is 11.8. The first kappa shape index (κ1) is 24.6. The number of rotatable bonds is 8. The summed E-state index contributed by atoms with van der Waals surface area (Å²) in [4.78, 5) is 33.7. The number of halogens is 1. The van der Waals surface area contributed by atoms with E-state index in [1.54, 1.807) is 55.7 Å². The lowest BCUT2D eigenvalue weighted by Gasteiger charge is -2.11. The number of benzene rings is 2. The Labute approximate surface area is 211 Å². The Bertz CT molecular complexity index is 1400. The van der Waals surface area contributed by atoms with E-state index < -0.39 is 0 Å². The Morgan fingerprint density at radius 1 is 0.972 bits per heavy atom. The molecule has 4 rings (SSSR count). The van der Waals surface area contributed by atoms with Crippen LogP contribution in [-0.2, 0) is 4.79 Å². The number of carbonyl (C=O) groups excluding carboxylic acids is 2. The molecule has 2 aromatic heterocycles. The van der Waals surface area contributed by atoms with Crippen LogP contribution in [0.4, 0.5) is 33.2 Å². The van der Waals surface area contributed by atoms with Gasteiger partial charge in [0, 0.05) is 36.3 Å². The fraction of sp³-hybridized carbons (Fsp3) is 0.0769. The van der Waals surface area contributed by atoms with E-state index in [1.165, 1.54) is 29.5 Å². The zero-order valence-electron chi connectivity index (χ0n) is 19.5. The maximum absolute atomic E-state index is 13.0. The number of hydrogen-bond acceptors (Lipinski definition) is 7. The highest BCUT2D eigenvalue weighted by atomic mass is 32.1. The minimum absolute atomic E-state index is 0.171. The minimum atomic E-state index is -0.327. The van der Waals surface area contributed by atoms with Crippen molar-refractivity contribution in [1.29, 1.82) is 0 Å². The van der Waals surface area contributed by atoms with E-state index in [0.717, 1.165) is 16.8 Å². The van der Waals surface area contributed by atoms with Gasteiger partial charge in [0.1, 0.15) is 16.5 Å². The number of anilines is 5. The molecule has 0 unspecified atom stereocenters. The SMILES string of the molecule is CNC(=O)c1sccc1Nc1nc(Nc2ccc(NC(=O)/C=C/c3ccc(F)cc3)cc2)ncc1C. The second-order valence-electron chi connectivity index (χ2n) is 7.67.